The average Bonchev–Trinajstić information content (AvgIpc) is 2.55. The minimum Gasteiger partial charge on any atom is -0.380 e. The van der Waals surface area contributed by atoms with Crippen molar-refractivity contribution in [2.45, 2.75) is 20.1 Å². The summed E-state index contributed by atoms with van der Waals surface area (Å²) < 4.78 is 5.21. The first kappa shape index (κ1) is 21.2. The molecule has 0 bridgehead atoms. The van der Waals surface area contributed by atoms with E-state index in [9.17, 15) is 0 Å². The van der Waals surface area contributed by atoms with Gasteiger partial charge in [-0.05, 0) is 30.2 Å². The van der Waals surface area contributed by atoms with Gasteiger partial charge in [0.05, 0.1) is 13.2 Å². The van der Waals surface area contributed by atoms with Crippen molar-refractivity contribution < 1.29 is 4.74 Å². The summed E-state index contributed by atoms with van der Waals surface area (Å²) in [6.07, 6.45) is 0. The summed E-state index contributed by atoms with van der Waals surface area (Å²) in [5.41, 5.74) is 11.5. The van der Waals surface area contributed by atoms with Gasteiger partial charge in [0.25, 0.3) is 0 Å². The predicted molar refractivity (Wildman–Crippen MR) is 117 cm³/mol. The van der Waals surface area contributed by atoms with Crippen LogP contribution in [0.4, 0.5) is 11.4 Å². The Morgan fingerprint density at radius 1 is 1.16 bits per heavy atom. The van der Waals surface area contributed by atoms with Crippen molar-refractivity contribution in [3.63, 3.8) is 0 Å². The SMILES string of the molecule is COCc1ccccc1NC(N)=NCc1ccc(C)cc1N(C)C.I. The Labute approximate surface area is 167 Å². The number of nitrogens with one attached hydrogen (secondary N) is 1. The standard InChI is InChI=1S/C19H26N4O.HI/c1-14-9-10-15(18(11-14)23(2)3)12-21-19(20)22-17-8-6-5-7-16(17)13-24-4;/h5-11H,12-13H2,1-4H3,(H3,20,21,22);1H. The zero-order chi connectivity index (χ0) is 17.5. The maximum Gasteiger partial charge on any atom is 0.193 e. The number of methoxy groups -OCH3 is 1. The van der Waals surface area contributed by atoms with E-state index in [1.165, 1.54) is 5.56 Å². The number of para-hydroxylation sites is 1. The quantitative estimate of drug-likeness (QED) is 0.397. The number of anilines is 2. The van der Waals surface area contributed by atoms with Crippen LogP contribution in [-0.2, 0) is 17.9 Å². The normalized spacial score (nSPS) is 11.0. The Morgan fingerprint density at radius 3 is 2.56 bits per heavy atom. The maximum atomic E-state index is 6.06. The van der Waals surface area contributed by atoms with Crippen LogP contribution in [0.15, 0.2) is 47.5 Å². The molecule has 0 aliphatic heterocycles. The zero-order valence-corrected chi connectivity index (χ0v) is 17.6. The second-order valence-corrected chi connectivity index (χ2v) is 5.94. The number of benzene rings is 2. The summed E-state index contributed by atoms with van der Waals surface area (Å²) in [6.45, 7) is 3.14. The van der Waals surface area contributed by atoms with Gasteiger partial charge in [0.15, 0.2) is 5.96 Å². The van der Waals surface area contributed by atoms with Crippen molar-refractivity contribution in [2.24, 2.45) is 10.7 Å². The van der Waals surface area contributed by atoms with Crippen molar-refractivity contribution in [1.82, 2.24) is 0 Å². The summed E-state index contributed by atoms with van der Waals surface area (Å²) in [4.78, 5) is 6.57. The van der Waals surface area contributed by atoms with Crippen LogP contribution in [0.5, 0.6) is 0 Å². The van der Waals surface area contributed by atoms with Crippen LogP contribution in [-0.4, -0.2) is 27.2 Å². The first-order valence-electron chi connectivity index (χ1n) is 7.92. The van der Waals surface area contributed by atoms with Crippen molar-refractivity contribution in [1.29, 1.82) is 0 Å². The van der Waals surface area contributed by atoms with Gasteiger partial charge in [-0.3, -0.25) is 0 Å². The highest BCUT2D eigenvalue weighted by molar-refractivity contribution is 14.0. The lowest BCUT2D eigenvalue weighted by Crippen LogP contribution is -2.23. The van der Waals surface area contributed by atoms with E-state index in [-0.39, 0.29) is 24.0 Å². The van der Waals surface area contributed by atoms with Crippen molar-refractivity contribution in [2.75, 3.05) is 31.4 Å². The largest absolute Gasteiger partial charge is 0.380 e. The number of halogens is 1. The number of guanidine groups is 1. The minimum absolute atomic E-state index is 0. The van der Waals surface area contributed by atoms with Crippen LogP contribution in [0.3, 0.4) is 0 Å². The lowest BCUT2D eigenvalue weighted by Gasteiger charge is -2.17. The van der Waals surface area contributed by atoms with Gasteiger partial charge in [-0.2, -0.15) is 0 Å². The van der Waals surface area contributed by atoms with Gasteiger partial charge in [-0.25, -0.2) is 4.99 Å². The first-order valence-corrected chi connectivity index (χ1v) is 7.92. The first-order chi connectivity index (χ1) is 11.5. The van der Waals surface area contributed by atoms with E-state index in [2.05, 4.69) is 40.3 Å². The summed E-state index contributed by atoms with van der Waals surface area (Å²) in [5.74, 6) is 0.392. The molecule has 0 saturated carbocycles. The third-order valence-corrected chi connectivity index (χ3v) is 3.72. The third-order valence-electron chi connectivity index (χ3n) is 3.72. The Hall–Kier alpha value is -1.80. The minimum atomic E-state index is 0. The molecule has 3 N–H and O–H groups in total. The van der Waals surface area contributed by atoms with Gasteiger partial charge in [0.1, 0.15) is 0 Å². The van der Waals surface area contributed by atoms with Crippen molar-refractivity contribution in [3.8, 4) is 0 Å². The molecule has 0 amide bonds. The highest BCUT2D eigenvalue weighted by Crippen LogP contribution is 2.21. The highest BCUT2D eigenvalue weighted by atomic mass is 127. The van der Waals surface area contributed by atoms with Crippen LogP contribution in [0.1, 0.15) is 16.7 Å². The number of aryl methyl sites for hydroxylation is 1. The van der Waals surface area contributed by atoms with E-state index >= 15 is 0 Å². The third kappa shape index (κ3) is 6.21. The van der Waals surface area contributed by atoms with E-state index in [1.807, 2.05) is 38.4 Å². The van der Waals surface area contributed by atoms with E-state index in [1.54, 1.807) is 7.11 Å². The number of ether oxygens (including phenoxy) is 1. The summed E-state index contributed by atoms with van der Waals surface area (Å²) >= 11 is 0. The Morgan fingerprint density at radius 2 is 1.88 bits per heavy atom. The molecule has 25 heavy (non-hydrogen) atoms. The summed E-state index contributed by atoms with van der Waals surface area (Å²) in [5, 5.41) is 3.16. The van der Waals surface area contributed by atoms with Crippen LogP contribution >= 0.6 is 24.0 Å². The van der Waals surface area contributed by atoms with Gasteiger partial charge >= 0.3 is 0 Å². The number of hydrogen-bond acceptors (Lipinski definition) is 3. The smallest absolute Gasteiger partial charge is 0.193 e. The number of nitrogens with two attached hydrogens (primary N) is 1. The monoisotopic (exact) mass is 454 g/mol. The van der Waals surface area contributed by atoms with Crippen molar-refractivity contribution in [3.05, 3.63) is 59.2 Å². The number of rotatable bonds is 6. The molecule has 2 aromatic carbocycles. The van der Waals surface area contributed by atoms with Crippen molar-refractivity contribution >= 4 is 41.3 Å². The number of aliphatic imine (C=N–C) groups is 1. The molecule has 136 valence electrons. The second kappa shape index (κ2) is 10.2. The lowest BCUT2D eigenvalue weighted by atomic mass is 10.1. The van der Waals surface area contributed by atoms with Gasteiger partial charge in [-0.1, -0.05) is 30.3 Å². The maximum absolute atomic E-state index is 6.06. The molecule has 0 unspecified atom stereocenters. The van der Waals surface area contributed by atoms with Crippen LogP contribution in [0, 0.1) is 6.92 Å². The molecule has 0 aliphatic carbocycles. The average molecular weight is 454 g/mol. The molecule has 6 heteroatoms. The molecular weight excluding hydrogens is 427 g/mol. The summed E-state index contributed by atoms with van der Waals surface area (Å²) in [6, 6.07) is 14.2. The molecule has 5 nitrogen and oxygen atoms in total. The molecule has 0 fully saturated rings. The van der Waals surface area contributed by atoms with Crippen LogP contribution in [0.2, 0.25) is 0 Å². The fourth-order valence-corrected chi connectivity index (χ4v) is 2.50. The van der Waals surface area contributed by atoms with E-state index in [0.717, 1.165) is 22.5 Å². The van der Waals surface area contributed by atoms with E-state index in [4.69, 9.17) is 10.5 Å². The van der Waals surface area contributed by atoms with Gasteiger partial charge in [0.2, 0.25) is 0 Å². The molecule has 0 spiro atoms. The summed E-state index contributed by atoms with van der Waals surface area (Å²) in [7, 11) is 5.74. The molecule has 0 aromatic heterocycles. The molecule has 0 aliphatic rings. The van der Waals surface area contributed by atoms with E-state index < -0.39 is 0 Å². The van der Waals surface area contributed by atoms with E-state index in [0.29, 0.717) is 19.1 Å². The number of nitrogens with zero attached hydrogens (tertiary/aromatic N) is 2. The topological polar surface area (TPSA) is 62.9 Å². The molecule has 2 rings (SSSR count). The molecule has 0 radical (unpaired) electrons. The highest BCUT2D eigenvalue weighted by Gasteiger charge is 2.06. The van der Waals surface area contributed by atoms with Gasteiger partial charge in [-0.15, -0.1) is 24.0 Å². The van der Waals surface area contributed by atoms with Gasteiger partial charge < -0.3 is 20.7 Å². The molecule has 2 aromatic rings. The molecular formula is C19H27IN4O. The lowest BCUT2D eigenvalue weighted by molar-refractivity contribution is 0.185. The Kier molecular flexibility index (Phi) is 8.71. The van der Waals surface area contributed by atoms with Crippen LogP contribution in [0.25, 0.3) is 0 Å². The Balaban J connectivity index is 0.00000312. The fourth-order valence-electron chi connectivity index (χ4n) is 2.50. The molecule has 0 heterocycles. The Bertz CT molecular complexity index is 716. The van der Waals surface area contributed by atoms with Crippen LogP contribution < -0.4 is 16.0 Å². The fraction of sp³-hybridized carbons (Fsp3) is 0.316. The second-order valence-electron chi connectivity index (χ2n) is 5.94. The molecule has 0 saturated heterocycles. The predicted octanol–water partition coefficient (Wildman–Crippen LogP) is 3.75. The number of hydrogen-bond donors (Lipinski definition) is 2. The van der Waals surface area contributed by atoms with Gasteiger partial charge in [0, 0.05) is 38.1 Å². The molecule has 0 atom stereocenters. The zero-order valence-electron chi connectivity index (χ0n) is 15.2.